The van der Waals surface area contributed by atoms with Crippen molar-refractivity contribution in [1.82, 2.24) is 4.98 Å². The largest absolute Gasteiger partial charge is 0.493 e. The van der Waals surface area contributed by atoms with Crippen molar-refractivity contribution in [3.8, 4) is 17.2 Å². The third-order valence-corrected chi connectivity index (χ3v) is 6.09. The van der Waals surface area contributed by atoms with Crippen molar-refractivity contribution in [3.05, 3.63) is 107 Å². The van der Waals surface area contributed by atoms with Crippen molar-refractivity contribution < 1.29 is 23.4 Å². The van der Waals surface area contributed by atoms with Crippen molar-refractivity contribution in [3.63, 3.8) is 0 Å². The topological polar surface area (TPSA) is 70.8 Å². The second kappa shape index (κ2) is 13.3. The zero-order valence-electron chi connectivity index (χ0n) is 23.2. The third kappa shape index (κ3) is 8.82. The Morgan fingerprint density at radius 2 is 1.59 bits per heavy atom. The lowest BCUT2D eigenvalue weighted by molar-refractivity contribution is -0.154. The quantitative estimate of drug-likeness (QED) is 0.181. The molecule has 0 amide bonds. The molecule has 0 saturated heterocycles. The van der Waals surface area contributed by atoms with E-state index in [1.165, 1.54) is 0 Å². The summed E-state index contributed by atoms with van der Waals surface area (Å²) < 4.78 is 23.5. The molecule has 4 aromatic rings. The number of nitrogens with zero attached hydrogens (tertiary/aromatic N) is 1. The summed E-state index contributed by atoms with van der Waals surface area (Å²) in [6.45, 7) is 8.94. The van der Waals surface area contributed by atoms with E-state index in [1.807, 2.05) is 107 Å². The van der Waals surface area contributed by atoms with Crippen LogP contribution < -0.4 is 4.74 Å². The summed E-state index contributed by atoms with van der Waals surface area (Å²) in [4.78, 5) is 17.0. The third-order valence-electron chi connectivity index (χ3n) is 6.09. The number of hydrogen-bond donors (Lipinski definition) is 0. The minimum Gasteiger partial charge on any atom is -0.493 e. The van der Waals surface area contributed by atoms with Crippen molar-refractivity contribution in [2.75, 3.05) is 6.61 Å². The Hall–Kier alpha value is -3.90. The molecule has 0 spiro atoms. The summed E-state index contributed by atoms with van der Waals surface area (Å²) in [5, 5.41) is 0. The van der Waals surface area contributed by atoms with Gasteiger partial charge in [-0.05, 0) is 75.1 Å². The first-order valence-electron chi connectivity index (χ1n) is 13.4. The lowest BCUT2D eigenvalue weighted by atomic mass is 10.0. The molecule has 0 N–H and O–H groups in total. The maximum absolute atomic E-state index is 12.3. The molecule has 0 aliphatic heterocycles. The van der Waals surface area contributed by atoms with E-state index in [-0.39, 0.29) is 5.97 Å². The second-order valence-electron chi connectivity index (χ2n) is 10.5. The summed E-state index contributed by atoms with van der Waals surface area (Å²) in [5.74, 6) is 1.95. The molecule has 4 rings (SSSR count). The average molecular weight is 528 g/mol. The lowest BCUT2D eigenvalue weighted by Crippen LogP contribution is -2.24. The van der Waals surface area contributed by atoms with Crippen LogP contribution in [-0.2, 0) is 40.3 Å². The normalized spacial score (nSPS) is 11.4. The van der Waals surface area contributed by atoms with Crippen molar-refractivity contribution in [2.24, 2.45) is 0 Å². The molecule has 0 unspecified atom stereocenters. The van der Waals surface area contributed by atoms with Crippen molar-refractivity contribution in [1.29, 1.82) is 0 Å². The number of aryl methyl sites for hydroxylation is 2. The number of carbonyl (C=O) groups excluding carboxylic acids is 1. The van der Waals surface area contributed by atoms with Crippen LogP contribution in [-0.4, -0.2) is 23.2 Å². The van der Waals surface area contributed by atoms with Gasteiger partial charge < -0.3 is 18.6 Å². The van der Waals surface area contributed by atoms with Crippen LogP contribution in [0.25, 0.3) is 11.5 Å². The van der Waals surface area contributed by atoms with Gasteiger partial charge in [-0.15, -0.1) is 0 Å². The molecule has 3 aromatic carbocycles. The van der Waals surface area contributed by atoms with E-state index in [4.69, 9.17) is 18.6 Å². The molecule has 0 aliphatic carbocycles. The Bertz CT molecular complexity index is 1340. The van der Waals surface area contributed by atoms with E-state index in [0.29, 0.717) is 45.0 Å². The molecular weight excluding hydrogens is 490 g/mol. The van der Waals surface area contributed by atoms with E-state index < -0.39 is 5.60 Å². The molecule has 0 saturated carbocycles. The molecule has 204 valence electrons. The van der Waals surface area contributed by atoms with Crippen LogP contribution in [0, 0.1) is 6.92 Å². The van der Waals surface area contributed by atoms with E-state index in [2.05, 4.69) is 4.98 Å². The van der Waals surface area contributed by atoms with Gasteiger partial charge in [0.2, 0.25) is 5.89 Å². The Labute approximate surface area is 230 Å². The van der Waals surface area contributed by atoms with Crippen molar-refractivity contribution in [2.45, 2.75) is 65.8 Å². The maximum atomic E-state index is 12.3. The van der Waals surface area contributed by atoms with Crippen LogP contribution in [0.2, 0.25) is 0 Å². The molecule has 39 heavy (non-hydrogen) atoms. The van der Waals surface area contributed by atoms with E-state index in [9.17, 15) is 4.79 Å². The number of ether oxygens (including phenoxy) is 3. The monoisotopic (exact) mass is 527 g/mol. The minimum atomic E-state index is -0.500. The fourth-order valence-corrected chi connectivity index (χ4v) is 4.18. The van der Waals surface area contributed by atoms with Crippen LogP contribution in [0.1, 0.15) is 55.3 Å². The summed E-state index contributed by atoms with van der Waals surface area (Å²) >= 11 is 0. The summed E-state index contributed by atoms with van der Waals surface area (Å²) in [7, 11) is 0. The van der Waals surface area contributed by atoms with Crippen molar-refractivity contribution >= 4 is 5.97 Å². The maximum Gasteiger partial charge on any atom is 0.306 e. The number of oxazole rings is 1. The van der Waals surface area contributed by atoms with Crippen LogP contribution in [0.5, 0.6) is 5.75 Å². The standard InChI is InChI=1S/C33H37NO5/c1-24-30(34-32(38-24)27-13-9-6-10-14-27)19-20-37-29-17-15-26(16-18-31(35)39-33(2,3)4)28(21-29)23-36-22-25-11-7-5-8-12-25/h5-15,17,21H,16,18-20,22-23H2,1-4H3. The highest BCUT2D eigenvalue weighted by molar-refractivity contribution is 5.70. The highest BCUT2D eigenvalue weighted by Gasteiger charge is 2.17. The second-order valence-corrected chi connectivity index (χ2v) is 10.5. The number of carbonyl (C=O) groups is 1. The van der Waals surface area contributed by atoms with Gasteiger partial charge in [0.25, 0.3) is 0 Å². The number of benzene rings is 3. The molecule has 0 aliphatic rings. The van der Waals surface area contributed by atoms with Gasteiger partial charge in [-0.25, -0.2) is 4.98 Å². The highest BCUT2D eigenvalue weighted by Crippen LogP contribution is 2.24. The van der Waals surface area contributed by atoms with Gasteiger partial charge in [-0.1, -0.05) is 54.6 Å². The molecule has 1 aromatic heterocycles. The zero-order chi connectivity index (χ0) is 27.7. The first kappa shape index (κ1) is 28.1. The number of esters is 1. The lowest BCUT2D eigenvalue weighted by Gasteiger charge is -2.19. The van der Waals surface area contributed by atoms with Gasteiger partial charge in [0.05, 0.1) is 25.5 Å². The Balaban J connectivity index is 1.39. The number of hydrogen-bond acceptors (Lipinski definition) is 6. The van der Waals surface area contributed by atoms with Crippen LogP contribution in [0.4, 0.5) is 0 Å². The highest BCUT2D eigenvalue weighted by atomic mass is 16.6. The average Bonchev–Trinajstić information content (AvgIpc) is 3.28. The van der Waals surface area contributed by atoms with Crippen LogP contribution in [0.15, 0.2) is 83.3 Å². The van der Waals surface area contributed by atoms with Gasteiger partial charge in [-0.2, -0.15) is 0 Å². The van der Waals surface area contributed by atoms with Gasteiger partial charge in [0.1, 0.15) is 17.1 Å². The Morgan fingerprint density at radius 3 is 2.31 bits per heavy atom. The Morgan fingerprint density at radius 1 is 0.872 bits per heavy atom. The van der Waals surface area contributed by atoms with Gasteiger partial charge in [0, 0.05) is 18.4 Å². The number of aromatic nitrogens is 1. The van der Waals surface area contributed by atoms with Gasteiger partial charge in [-0.3, -0.25) is 4.79 Å². The van der Waals surface area contributed by atoms with E-state index in [1.54, 1.807) is 0 Å². The van der Waals surface area contributed by atoms with Crippen LogP contribution >= 0.6 is 0 Å². The van der Waals surface area contributed by atoms with Crippen LogP contribution in [0.3, 0.4) is 0 Å². The number of rotatable bonds is 12. The van der Waals surface area contributed by atoms with E-state index >= 15 is 0 Å². The molecule has 1 heterocycles. The molecule has 0 fully saturated rings. The smallest absolute Gasteiger partial charge is 0.306 e. The zero-order valence-corrected chi connectivity index (χ0v) is 23.2. The summed E-state index contributed by atoms with van der Waals surface area (Å²) in [6.07, 6.45) is 1.50. The fourth-order valence-electron chi connectivity index (χ4n) is 4.18. The summed E-state index contributed by atoms with van der Waals surface area (Å²) in [6, 6.07) is 25.9. The predicted octanol–water partition coefficient (Wildman–Crippen LogP) is 7.26. The molecule has 6 heteroatoms. The molecule has 0 radical (unpaired) electrons. The summed E-state index contributed by atoms with van der Waals surface area (Å²) in [5.41, 5.74) is 4.49. The fraction of sp³-hybridized carbons (Fsp3) is 0.333. The molecule has 0 atom stereocenters. The Kier molecular flexibility index (Phi) is 9.55. The van der Waals surface area contributed by atoms with E-state index in [0.717, 1.165) is 39.5 Å². The first-order valence-corrected chi connectivity index (χ1v) is 13.4. The first-order chi connectivity index (χ1) is 18.8. The van der Waals surface area contributed by atoms with Gasteiger partial charge >= 0.3 is 5.97 Å². The molecule has 0 bridgehead atoms. The molecular formula is C33H37NO5. The SMILES string of the molecule is Cc1oc(-c2ccccc2)nc1CCOc1ccc(CCC(=O)OC(C)(C)C)c(COCc2ccccc2)c1. The minimum absolute atomic E-state index is 0.211. The van der Waals surface area contributed by atoms with Gasteiger partial charge in [0.15, 0.2) is 0 Å². The molecule has 6 nitrogen and oxygen atoms in total. The predicted molar refractivity (Wildman–Crippen MR) is 151 cm³/mol.